The van der Waals surface area contributed by atoms with Crippen LogP contribution in [0.2, 0.25) is 0 Å². The molecule has 0 aromatic rings. The first kappa shape index (κ1) is 26.8. The highest BCUT2D eigenvalue weighted by Gasteiger charge is 2.19. The van der Waals surface area contributed by atoms with Gasteiger partial charge in [-0.05, 0) is 27.2 Å². The minimum atomic E-state index is 0.0480. The molecule has 0 bridgehead atoms. The lowest BCUT2D eigenvalue weighted by molar-refractivity contribution is 0.262. The number of carbonyl (C=O) groups is 1. The Balaban J connectivity index is -0.000000104. The lowest BCUT2D eigenvalue weighted by atomic mass is 10.1. The quantitative estimate of drug-likeness (QED) is 0.627. The number of hydrogen-bond donors (Lipinski definition) is 1. The average Bonchev–Trinajstić information content (AvgIpc) is 2.31. The molecule has 0 rings (SSSR count). The van der Waals surface area contributed by atoms with Gasteiger partial charge < -0.3 is 5.32 Å². The summed E-state index contributed by atoms with van der Waals surface area (Å²) in [5.41, 5.74) is 1.17. The molecule has 0 saturated heterocycles. The molecule has 0 aromatic heterocycles. The number of thioether (sulfide) groups is 1. The number of hydrogen-bond acceptors (Lipinski definition) is 2. The van der Waals surface area contributed by atoms with Gasteiger partial charge in [-0.3, -0.25) is 4.79 Å². The van der Waals surface area contributed by atoms with Crippen molar-refractivity contribution in [3.05, 3.63) is 24.8 Å². The van der Waals surface area contributed by atoms with Crippen LogP contribution in [0.5, 0.6) is 0 Å². The highest BCUT2D eigenvalue weighted by Crippen LogP contribution is 2.27. The Morgan fingerprint density at radius 3 is 1.74 bits per heavy atom. The van der Waals surface area contributed by atoms with Crippen LogP contribution in [0.15, 0.2) is 24.8 Å². The first-order chi connectivity index (χ1) is 8.66. The fourth-order valence-electron chi connectivity index (χ4n) is 0.374. The SMILES string of the molecule is C=C(C)C.C=CC.CC.CCC(C)(C)SC(=O)NC. The summed E-state index contributed by atoms with van der Waals surface area (Å²) in [6.07, 6.45) is 2.76. The number of nitrogens with one attached hydrogen (secondary N) is 1. The zero-order valence-electron chi connectivity index (χ0n) is 14.5. The molecule has 0 spiro atoms. The van der Waals surface area contributed by atoms with Gasteiger partial charge in [0.1, 0.15) is 0 Å². The Kier molecular flexibility index (Phi) is 27.7. The van der Waals surface area contributed by atoms with Crippen molar-refractivity contribution in [3.8, 4) is 0 Å². The molecule has 0 aromatic carbocycles. The van der Waals surface area contributed by atoms with Crippen molar-refractivity contribution in [1.29, 1.82) is 0 Å². The van der Waals surface area contributed by atoms with Crippen molar-refractivity contribution in [3.63, 3.8) is 0 Å². The van der Waals surface area contributed by atoms with Gasteiger partial charge in [-0.1, -0.05) is 58.0 Å². The van der Waals surface area contributed by atoms with E-state index in [1.165, 1.54) is 17.3 Å². The van der Waals surface area contributed by atoms with Crippen molar-refractivity contribution in [2.75, 3.05) is 7.05 Å². The van der Waals surface area contributed by atoms with E-state index in [4.69, 9.17) is 0 Å². The molecule has 2 nitrogen and oxygen atoms in total. The van der Waals surface area contributed by atoms with Crippen LogP contribution in [0.1, 0.15) is 61.8 Å². The fraction of sp³-hybridized carbons (Fsp3) is 0.688. The molecule has 0 aliphatic rings. The summed E-state index contributed by atoms with van der Waals surface area (Å²) in [5.74, 6) is 0. The summed E-state index contributed by atoms with van der Waals surface area (Å²) in [7, 11) is 1.65. The second kappa shape index (κ2) is 19.6. The Bertz CT molecular complexity index is 219. The molecule has 0 radical (unpaired) electrons. The molecule has 0 aliphatic carbocycles. The predicted octanol–water partition coefficient (Wildman–Crippen LogP) is 6.05. The summed E-state index contributed by atoms with van der Waals surface area (Å²) in [6.45, 7) is 23.0. The van der Waals surface area contributed by atoms with Crippen molar-refractivity contribution < 1.29 is 4.79 Å². The maximum Gasteiger partial charge on any atom is 0.279 e. The van der Waals surface area contributed by atoms with Crippen molar-refractivity contribution in [2.24, 2.45) is 0 Å². The van der Waals surface area contributed by atoms with Crippen molar-refractivity contribution >= 4 is 17.0 Å². The lowest BCUT2D eigenvalue weighted by Crippen LogP contribution is -2.21. The summed E-state index contributed by atoms with van der Waals surface area (Å²) in [6, 6.07) is 0. The van der Waals surface area contributed by atoms with E-state index in [9.17, 15) is 4.79 Å². The molecular formula is C16H35NOS. The normalized spacial score (nSPS) is 8.26. The molecule has 3 heteroatoms. The third-order valence-electron chi connectivity index (χ3n) is 1.42. The van der Waals surface area contributed by atoms with E-state index in [0.717, 1.165) is 6.42 Å². The van der Waals surface area contributed by atoms with Gasteiger partial charge in [0.2, 0.25) is 0 Å². The second-order valence-corrected chi connectivity index (χ2v) is 6.05. The van der Waals surface area contributed by atoms with E-state index in [1.807, 2.05) is 34.6 Å². The number of carbonyl (C=O) groups excluding carboxylic acids is 1. The van der Waals surface area contributed by atoms with Gasteiger partial charge in [0.05, 0.1) is 0 Å². The first-order valence-electron chi connectivity index (χ1n) is 6.76. The Hall–Kier alpha value is -0.700. The molecule has 0 saturated carbocycles. The topological polar surface area (TPSA) is 29.1 Å². The van der Waals surface area contributed by atoms with E-state index in [0.29, 0.717) is 0 Å². The van der Waals surface area contributed by atoms with Crippen LogP contribution in [0.3, 0.4) is 0 Å². The molecular weight excluding hydrogens is 254 g/mol. The van der Waals surface area contributed by atoms with E-state index in [1.54, 1.807) is 13.1 Å². The van der Waals surface area contributed by atoms with E-state index in [-0.39, 0.29) is 9.99 Å². The monoisotopic (exact) mass is 289 g/mol. The highest BCUT2D eigenvalue weighted by molar-refractivity contribution is 8.14. The Morgan fingerprint density at radius 1 is 1.32 bits per heavy atom. The third kappa shape index (κ3) is 46.8. The van der Waals surface area contributed by atoms with Gasteiger partial charge >= 0.3 is 0 Å². The summed E-state index contributed by atoms with van der Waals surface area (Å²) < 4.78 is 0.0695. The van der Waals surface area contributed by atoms with E-state index < -0.39 is 0 Å². The van der Waals surface area contributed by atoms with Gasteiger partial charge in [0.25, 0.3) is 5.24 Å². The maximum atomic E-state index is 10.8. The van der Waals surface area contributed by atoms with Crippen molar-refractivity contribution in [1.82, 2.24) is 5.32 Å². The van der Waals surface area contributed by atoms with Gasteiger partial charge in [0, 0.05) is 11.8 Å². The molecule has 1 N–H and O–H groups in total. The highest BCUT2D eigenvalue weighted by atomic mass is 32.2. The van der Waals surface area contributed by atoms with Crippen LogP contribution >= 0.6 is 11.8 Å². The van der Waals surface area contributed by atoms with Crippen LogP contribution in [-0.4, -0.2) is 17.0 Å². The van der Waals surface area contributed by atoms with Crippen molar-refractivity contribution in [2.45, 2.75) is 66.6 Å². The molecule has 19 heavy (non-hydrogen) atoms. The van der Waals surface area contributed by atoms with E-state index in [2.05, 4.69) is 39.2 Å². The average molecular weight is 290 g/mol. The van der Waals surface area contributed by atoms with Crippen LogP contribution in [-0.2, 0) is 0 Å². The van der Waals surface area contributed by atoms with Gasteiger partial charge in [-0.2, -0.15) is 0 Å². The van der Waals surface area contributed by atoms with E-state index >= 15 is 0 Å². The molecule has 0 unspecified atom stereocenters. The number of rotatable bonds is 2. The Labute approximate surface area is 126 Å². The second-order valence-electron chi connectivity index (χ2n) is 4.37. The predicted molar refractivity (Wildman–Crippen MR) is 94.1 cm³/mol. The van der Waals surface area contributed by atoms with Crippen LogP contribution in [0, 0.1) is 0 Å². The standard InChI is InChI=1S/C7H15NOS.C4H8.C3H6.C2H6/c1-5-7(2,3)10-6(9)8-4;1-4(2)3;1-3-2;1-2/h5H2,1-4H3,(H,8,9);1H2,2-3H3;3H,1H2,2H3;1-2H3. The fourth-order valence-corrected chi connectivity index (χ4v) is 1.12. The van der Waals surface area contributed by atoms with Gasteiger partial charge in [0.15, 0.2) is 0 Å². The lowest BCUT2D eigenvalue weighted by Gasteiger charge is -2.19. The van der Waals surface area contributed by atoms with Gasteiger partial charge in [-0.15, -0.1) is 13.2 Å². The largest absolute Gasteiger partial charge is 0.350 e. The first-order valence-corrected chi connectivity index (χ1v) is 7.58. The minimum absolute atomic E-state index is 0.0480. The van der Waals surface area contributed by atoms with Crippen LogP contribution < -0.4 is 5.32 Å². The molecule has 0 heterocycles. The maximum absolute atomic E-state index is 10.8. The third-order valence-corrected chi connectivity index (χ3v) is 2.66. The smallest absolute Gasteiger partial charge is 0.279 e. The molecule has 0 fully saturated rings. The molecule has 0 aliphatic heterocycles. The zero-order chi connectivity index (χ0) is 16.5. The molecule has 0 atom stereocenters. The summed E-state index contributed by atoms with van der Waals surface area (Å²) >= 11 is 1.35. The molecule has 1 amide bonds. The minimum Gasteiger partial charge on any atom is -0.350 e. The Morgan fingerprint density at radius 2 is 1.58 bits per heavy atom. The molecule has 116 valence electrons. The number of amides is 1. The number of allylic oxidation sites excluding steroid dienone is 2. The summed E-state index contributed by atoms with van der Waals surface area (Å²) in [5, 5.41) is 2.63. The van der Waals surface area contributed by atoms with Gasteiger partial charge in [-0.25, -0.2) is 0 Å². The zero-order valence-corrected chi connectivity index (χ0v) is 15.3. The van der Waals surface area contributed by atoms with Crippen LogP contribution in [0.4, 0.5) is 4.79 Å². The summed E-state index contributed by atoms with van der Waals surface area (Å²) in [4.78, 5) is 10.8. The van der Waals surface area contributed by atoms with Crippen LogP contribution in [0.25, 0.3) is 0 Å².